The van der Waals surface area contributed by atoms with E-state index in [0.29, 0.717) is 12.0 Å². The molecule has 0 bridgehead atoms. The van der Waals surface area contributed by atoms with Gasteiger partial charge in [0.05, 0.1) is 25.3 Å². The molecule has 1 unspecified atom stereocenters. The van der Waals surface area contributed by atoms with Crippen molar-refractivity contribution in [3.63, 3.8) is 0 Å². The maximum absolute atomic E-state index is 13.0. The molecule has 16 N–H and O–H groups in total. The van der Waals surface area contributed by atoms with Crippen LogP contribution in [-0.4, -0.2) is 116 Å². The Bertz CT molecular complexity index is 1570. The fourth-order valence-electron chi connectivity index (χ4n) is 5.90. The number of phenols is 1. The minimum atomic E-state index is -1.74. The largest absolute Gasteiger partial charge is 0.508 e. The van der Waals surface area contributed by atoms with Gasteiger partial charge in [0, 0.05) is 61.3 Å². The van der Waals surface area contributed by atoms with Crippen molar-refractivity contribution in [1.29, 1.82) is 0 Å². The third kappa shape index (κ3) is 23.0. The number of carboxylic acids is 2. The summed E-state index contributed by atoms with van der Waals surface area (Å²) in [6.45, 7) is 6.81. The van der Waals surface area contributed by atoms with Crippen molar-refractivity contribution in [2.75, 3.05) is 13.1 Å². The van der Waals surface area contributed by atoms with Crippen LogP contribution < -0.4 is 49.1 Å². The minimum absolute atomic E-state index is 0.0372. The molecular formula is C37H61N9O12. The number of aliphatic hydroxyl groups excluding tert-OH is 1. The normalized spacial score (nSPS) is 14.1. The van der Waals surface area contributed by atoms with Crippen molar-refractivity contribution < 1.29 is 58.8 Å². The number of nitrogens with two attached hydrogens (primary N) is 3. The molecule has 0 fully saturated rings. The Morgan fingerprint density at radius 2 is 1.03 bits per heavy atom. The number of aliphatic hydroxyl groups is 1. The molecule has 6 amide bonds. The van der Waals surface area contributed by atoms with Gasteiger partial charge in [-0.25, -0.2) is 0 Å². The number of nitrogens with one attached hydrogen (secondary N) is 6. The van der Waals surface area contributed by atoms with Crippen LogP contribution in [0.15, 0.2) is 24.3 Å². The first-order chi connectivity index (χ1) is 26.9. The maximum Gasteiger partial charge on any atom is 0.305 e. The topological polar surface area (TPSA) is 368 Å². The summed E-state index contributed by atoms with van der Waals surface area (Å²) in [5.41, 5.74) is 15.7. The molecule has 1 rings (SSSR count). The molecule has 0 spiro atoms. The van der Waals surface area contributed by atoms with Crippen molar-refractivity contribution in [1.82, 2.24) is 31.9 Å². The molecule has 0 aliphatic heterocycles. The third-order valence-corrected chi connectivity index (χ3v) is 8.25. The number of rotatable bonds is 27. The smallest absolute Gasteiger partial charge is 0.305 e. The van der Waals surface area contributed by atoms with E-state index in [-0.39, 0.29) is 56.9 Å². The number of phenolic OH excluding ortho intramolecular Hbond substituents is 1. The molecule has 0 saturated carbocycles. The Morgan fingerprint density at radius 1 is 0.586 bits per heavy atom. The standard InChI is InChI=1S/C37H61N9O12/c1-36(2,40)19-32(53)42-22(9-11-38)13-27(48)41-23(10-12-39)14-31(52)46-37(3,4)20-33(54)45-30(51)18-29(50)43-24(16-34(55)56)15-28(49)44-26(17-35(57)58)21-5-7-25(47)8-6-21/h5-8,22-24,26,30,47,51H,9-20,38-40H2,1-4H3,(H,41,48)(H,42,53)(H,43,50)(H,44,49)(H,45,54)(H,46,52)(H,55,56)(H,57,58)/t22-,23-,24?,26+,30+/m0/s1. The summed E-state index contributed by atoms with van der Waals surface area (Å²) in [5, 5.41) is 53.8. The molecule has 1 aromatic carbocycles. The highest BCUT2D eigenvalue weighted by Crippen LogP contribution is 2.20. The predicted octanol–water partition coefficient (Wildman–Crippen LogP) is -1.94. The summed E-state index contributed by atoms with van der Waals surface area (Å²) in [6.07, 6.45) is -4.32. The van der Waals surface area contributed by atoms with Gasteiger partial charge in [-0.3, -0.25) is 38.4 Å². The zero-order valence-electron chi connectivity index (χ0n) is 33.5. The van der Waals surface area contributed by atoms with Crippen molar-refractivity contribution >= 4 is 47.4 Å². The number of hydrogen-bond donors (Lipinski definition) is 13. The Labute approximate surface area is 337 Å². The van der Waals surface area contributed by atoms with Gasteiger partial charge in [0.1, 0.15) is 12.0 Å². The monoisotopic (exact) mass is 823 g/mol. The zero-order valence-corrected chi connectivity index (χ0v) is 33.5. The quantitative estimate of drug-likeness (QED) is 0.0429. The highest BCUT2D eigenvalue weighted by Gasteiger charge is 2.29. The van der Waals surface area contributed by atoms with Crippen LogP contribution in [0.1, 0.15) is 104 Å². The first-order valence-electron chi connectivity index (χ1n) is 18.8. The van der Waals surface area contributed by atoms with Gasteiger partial charge >= 0.3 is 11.9 Å². The summed E-state index contributed by atoms with van der Waals surface area (Å²) in [4.78, 5) is 99.4. The molecule has 0 heterocycles. The van der Waals surface area contributed by atoms with Gasteiger partial charge < -0.3 is 69.5 Å². The van der Waals surface area contributed by atoms with E-state index in [1.165, 1.54) is 38.1 Å². The lowest BCUT2D eigenvalue weighted by atomic mass is 9.98. The molecule has 21 nitrogen and oxygen atoms in total. The number of carbonyl (C=O) groups is 8. The third-order valence-electron chi connectivity index (χ3n) is 8.25. The van der Waals surface area contributed by atoms with Gasteiger partial charge in [-0.05, 0) is 71.3 Å². The average molecular weight is 824 g/mol. The maximum atomic E-state index is 13.0. The second-order valence-electron chi connectivity index (χ2n) is 15.5. The lowest BCUT2D eigenvalue weighted by Gasteiger charge is -2.28. The molecule has 21 heteroatoms. The summed E-state index contributed by atoms with van der Waals surface area (Å²) < 4.78 is 0. The van der Waals surface area contributed by atoms with E-state index in [0.717, 1.165) is 0 Å². The lowest BCUT2D eigenvalue weighted by molar-refractivity contribution is -0.138. The van der Waals surface area contributed by atoms with Gasteiger partial charge in [0.25, 0.3) is 0 Å². The number of hydrogen-bond acceptors (Lipinski definition) is 13. The molecular weight excluding hydrogens is 762 g/mol. The second kappa shape index (κ2) is 24.4. The minimum Gasteiger partial charge on any atom is -0.508 e. The van der Waals surface area contributed by atoms with Crippen LogP contribution in [0.2, 0.25) is 0 Å². The number of aromatic hydroxyl groups is 1. The van der Waals surface area contributed by atoms with Crippen LogP contribution in [0, 0.1) is 0 Å². The van der Waals surface area contributed by atoms with Crippen LogP contribution in [0.5, 0.6) is 5.75 Å². The van der Waals surface area contributed by atoms with Gasteiger partial charge in [0.2, 0.25) is 35.4 Å². The molecule has 0 aliphatic rings. The zero-order chi connectivity index (χ0) is 44.2. The summed E-state index contributed by atoms with van der Waals surface area (Å²) >= 11 is 0. The predicted molar refractivity (Wildman–Crippen MR) is 209 cm³/mol. The van der Waals surface area contributed by atoms with Crippen LogP contribution >= 0.6 is 0 Å². The first kappa shape index (κ1) is 50.6. The van der Waals surface area contributed by atoms with Crippen LogP contribution in [-0.2, 0) is 38.4 Å². The number of aliphatic carboxylic acids is 2. The first-order valence-corrected chi connectivity index (χ1v) is 18.8. The van der Waals surface area contributed by atoms with Crippen LogP contribution in [0.3, 0.4) is 0 Å². The van der Waals surface area contributed by atoms with E-state index in [1.807, 2.05) is 0 Å². The van der Waals surface area contributed by atoms with E-state index in [1.54, 1.807) is 13.8 Å². The SMILES string of the molecule is CC(C)(N)CC(=O)N[C@@H](CCN)CC(=O)N[C@@H](CCN)CC(=O)NC(C)(C)CC(=O)N[C@H](O)CC(=O)NC(CC(=O)O)CC(=O)N[C@H](CC(=O)O)c1ccc(O)cc1. The molecule has 326 valence electrons. The van der Waals surface area contributed by atoms with Crippen molar-refractivity contribution in [2.45, 2.75) is 133 Å². The highest BCUT2D eigenvalue weighted by atomic mass is 16.4. The van der Waals surface area contributed by atoms with E-state index < -0.39 is 109 Å². The summed E-state index contributed by atoms with van der Waals surface area (Å²) in [5.74, 6) is -6.46. The van der Waals surface area contributed by atoms with Crippen LogP contribution in [0.4, 0.5) is 0 Å². The Morgan fingerprint density at radius 3 is 1.55 bits per heavy atom. The molecule has 0 radical (unpaired) electrons. The molecule has 1 aromatic rings. The van der Waals surface area contributed by atoms with E-state index in [9.17, 15) is 58.8 Å². The van der Waals surface area contributed by atoms with Gasteiger partial charge in [-0.1, -0.05) is 12.1 Å². The van der Waals surface area contributed by atoms with Crippen molar-refractivity contribution in [3.05, 3.63) is 29.8 Å². The molecule has 0 aliphatic carbocycles. The van der Waals surface area contributed by atoms with Gasteiger partial charge in [-0.2, -0.15) is 0 Å². The molecule has 0 aromatic heterocycles. The summed E-state index contributed by atoms with van der Waals surface area (Å²) in [7, 11) is 0. The highest BCUT2D eigenvalue weighted by molar-refractivity contribution is 5.84. The Kier molecular flexibility index (Phi) is 21.3. The number of amides is 6. The number of carbonyl (C=O) groups excluding carboxylic acids is 6. The lowest BCUT2D eigenvalue weighted by Crippen LogP contribution is -2.51. The fraction of sp³-hybridized carbons (Fsp3) is 0.622. The molecule has 0 saturated heterocycles. The Hall–Kier alpha value is -5.38. The second-order valence-corrected chi connectivity index (χ2v) is 15.5. The van der Waals surface area contributed by atoms with Crippen molar-refractivity contribution in [3.8, 4) is 5.75 Å². The number of carboxylic acid groups (broad SMARTS) is 2. The van der Waals surface area contributed by atoms with Gasteiger partial charge in [-0.15, -0.1) is 0 Å². The Balaban J connectivity index is 2.73. The van der Waals surface area contributed by atoms with Crippen LogP contribution in [0.25, 0.3) is 0 Å². The van der Waals surface area contributed by atoms with Gasteiger partial charge in [0.15, 0.2) is 0 Å². The number of benzene rings is 1. The fourth-order valence-corrected chi connectivity index (χ4v) is 5.90. The van der Waals surface area contributed by atoms with E-state index >= 15 is 0 Å². The summed E-state index contributed by atoms with van der Waals surface area (Å²) in [6, 6.07) is 1.86. The molecule has 5 atom stereocenters. The van der Waals surface area contributed by atoms with E-state index in [4.69, 9.17) is 17.2 Å². The van der Waals surface area contributed by atoms with E-state index in [2.05, 4.69) is 31.9 Å². The molecule has 58 heavy (non-hydrogen) atoms. The van der Waals surface area contributed by atoms with Crippen molar-refractivity contribution in [2.24, 2.45) is 17.2 Å². The average Bonchev–Trinajstić information content (AvgIpc) is 3.02.